The summed E-state index contributed by atoms with van der Waals surface area (Å²) in [4.78, 5) is 54.6. The third-order valence-corrected chi connectivity index (χ3v) is 10.8. The van der Waals surface area contributed by atoms with E-state index in [9.17, 15) is 19.5 Å². The molecule has 0 radical (unpaired) electrons. The predicted molar refractivity (Wildman–Crippen MR) is 181 cm³/mol. The Balaban J connectivity index is 1.06. The van der Waals surface area contributed by atoms with E-state index in [-0.39, 0.29) is 35.8 Å². The summed E-state index contributed by atoms with van der Waals surface area (Å²) in [5.74, 6) is -0.413. The van der Waals surface area contributed by atoms with Crippen LogP contribution in [-0.4, -0.2) is 77.6 Å². The lowest BCUT2D eigenvalue weighted by atomic mass is 9.79. The Morgan fingerprint density at radius 1 is 1.02 bits per heavy atom. The van der Waals surface area contributed by atoms with E-state index in [2.05, 4.69) is 9.97 Å². The minimum atomic E-state index is -1.12. The number of thiophene rings is 1. The topological polar surface area (TPSA) is 114 Å². The van der Waals surface area contributed by atoms with Gasteiger partial charge in [-0.05, 0) is 67.0 Å². The quantitative estimate of drug-likeness (QED) is 0.290. The predicted octanol–water partition coefficient (Wildman–Crippen LogP) is 4.47. The van der Waals surface area contributed by atoms with Gasteiger partial charge in [-0.15, -0.1) is 11.3 Å². The largest absolute Gasteiger partial charge is 0.388 e. The molecule has 7 rings (SSSR count). The van der Waals surface area contributed by atoms with Crippen LogP contribution in [0.4, 0.5) is 0 Å². The molecule has 242 valence electrons. The van der Waals surface area contributed by atoms with Crippen LogP contribution >= 0.6 is 11.3 Å². The monoisotopic (exact) mass is 650 g/mol. The van der Waals surface area contributed by atoms with Gasteiger partial charge in [0.25, 0.3) is 11.5 Å². The van der Waals surface area contributed by atoms with E-state index in [1.54, 1.807) is 34.4 Å². The zero-order valence-electron chi connectivity index (χ0n) is 26.6. The zero-order chi connectivity index (χ0) is 32.7. The number of amides is 2. The molecule has 0 spiro atoms. The van der Waals surface area contributed by atoms with Gasteiger partial charge in [-0.1, -0.05) is 30.3 Å². The number of nitrogens with zero attached hydrogens (tertiary/aromatic N) is 6. The first-order valence-corrected chi connectivity index (χ1v) is 17.0. The van der Waals surface area contributed by atoms with Gasteiger partial charge in [0.05, 0.1) is 23.1 Å². The van der Waals surface area contributed by atoms with Gasteiger partial charge in [0.1, 0.15) is 12.0 Å². The summed E-state index contributed by atoms with van der Waals surface area (Å²) in [6.45, 7) is 3.79. The smallest absolute Gasteiger partial charge is 0.262 e. The highest BCUT2D eigenvalue weighted by atomic mass is 32.1. The van der Waals surface area contributed by atoms with E-state index < -0.39 is 5.60 Å². The standard InChI is InChI=1S/C36H38N6O4S/c1-24-20-26(8-14-37-24)31-28(11-19-47-31)34(44)41-16-10-27(30(21-41)25-6-4-3-5-7-25)33(43)40-17-12-36(46,13-18-40)22-42-23-38-32-29(35(42)45)9-15-39(32)2/h3-9,11,14-15,19-20,23,27,30,46H,10,12-13,16-18,21-22H2,1-2H3/t27-,30+/m1/s1. The molecule has 2 aliphatic rings. The van der Waals surface area contributed by atoms with Crippen LogP contribution in [0.2, 0.25) is 0 Å². The molecule has 1 N–H and O–H groups in total. The molecule has 1 aromatic carbocycles. The normalized spacial score (nSPS) is 19.6. The van der Waals surface area contributed by atoms with Crippen molar-refractivity contribution in [1.29, 1.82) is 0 Å². The van der Waals surface area contributed by atoms with E-state index in [1.165, 1.54) is 10.9 Å². The van der Waals surface area contributed by atoms with Gasteiger partial charge < -0.3 is 19.5 Å². The van der Waals surface area contributed by atoms with Crippen LogP contribution in [0, 0.1) is 12.8 Å². The number of piperidine rings is 2. The SMILES string of the molecule is Cc1cc(-c2sccc2C(=O)N2CC[C@@H](C(=O)N3CCC(O)(Cn4cnc5c(ccn5C)c4=O)CC3)[C@H](c3ccccc3)C2)ccn1. The molecule has 2 saturated heterocycles. The van der Waals surface area contributed by atoms with E-state index in [1.807, 2.05) is 77.7 Å². The molecule has 47 heavy (non-hydrogen) atoms. The molecule has 11 heteroatoms. The summed E-state index contributed by atoms with van der Waals surface area (Å²) in [5, 5.41) is 14.0. The van der Waals surface area contributed by atoms with E-state index in [0.717, 1.165) is 21.7 Å². The molecule has 0 unspecified atom stereocenters. The summed E-state index contributed by atoms with van der Waals surface area (Å²) < 4.78 is 3.28. The Morgan fingerprint density at radius 3 is 2.57 bits per heavy atom. The van der Waals surface area contributed by atoms with Gasteiger partial charge in [0.15, 0.2) is 0 Å². The van der Waals surface area contributed by atoms with Crippen LogP contribution in [0.15, 0.2) is 83.5 Å². The van der Waals surface area contributed by atoms with Crippen LogP contribution in [0.5, 0.6) is 0 Å². The van der Waals surface area contributed by atoms with E-state index in [0.29, 0.717) is 62.0 Å². The van der Waals surface area contributed by atoms with Crippen LogP contribution in [0.25, 0.3) is 21.5 Å². The average molecular weight is 651 g/mol. The molecule has 2 aliphatic heterocycles. The Hall–Kier alpha value is -4.61. The fourth-order valence-corrected chi connectivity index (χ4v) is 8.06. The number of fused-ring (bicyclic) bond motifs is 1. The number of aromatic nitrogens is 4. The van der Waals surface area contributed by atoms with Crippen molar-refractivity contribution in [2.24, 2.45) is 13.0 Å². The number of carbonyl (C=O) groups is 2. The first-order chi connectivity index (χ1) is 22.7. The molecule has 2 atom stereocenters. The minimum absolute atomic E-state index is 0.0241. The maximum Gasteiger partial charge on any atom is 0.262 e. The maximum absolute atomic E-state index is 14.2. The van der Waals surface area contributed by atoms with Gasteiger partial charge in [0, 0.05) is 68.0 Å². The zero-order valence-corrected chi connectivity index (χ0v) is 27.4. The number of benzene rings is 1. The van der Waals surface area contributed by atoms with Gasteiger partial charge in [-0.2, -0.15) is 0 Å². The Morgan fingerprint density at radius 2 is 1.81 bits per heavy atom. The van der Waals surface area contributed by atoms with Crippen molar-refractivity contribution in [3.63, 3.8) is 0 Å². The molecular weight excluding hydrogens is 613 g/mol. The molecule has 5 aromatic rings. The molecule has 4 aromatic heterocycles. The summed E-state index contributed by atoms with van der Waals surface area (Å²) in [6.07, 6.45) is 6.34. The molecule has 0 saturated carbocycles. The maximum atomic E-state index is 14.2. The fraction of sp³-hybridized carbons (Fsp3) is 0.361. The van der Waals surface area contributed by atoms with Gasteiger partial charge in [-0.25, -0.2) is 4.98 Å². The van der Waals surface area contributed by atoms with Crippen LogP contribution in [0.3, 0.4) is 0 Å². The number of pyridine rings is 1. The molecule has 6 heterocycles. The first kappa shape index (κ1) is 31.0. The fourth-order valence-electron chi connectivity index (χ4n) is 7.17. The summed E-state index contributed by atoms with van der Waals surface area (Å²) in [5.41, 5.74) is 2.90. The summed E-state index contributed by atoms with van der Waals surface area (Å²) in [6, 6.07) is 17.6. The lowest BCUT2D eigenvalue weighted by Crippen LogP contribution is -2.53. The lowest BCUT2D eigenvalue weighted by Gasteiger charge is -2.43. The third kappa shape index (κ3) is 6.01. The number of hydrogen-bond acceptors (Lipinski definition) is 7. The van der Waals surface area contributed by atoms with Gasteiger partial charge in [-0.3, -0.25) is 23.9 Å². The first-order valence-electron chi connectivity index (χ1n) is 16.1. The van der Waals surface area contributed by atoms with Crippen LogP contribution in [-0.2, 0) is 18.4 Å². The van der Waals surface area contributed by atoms with Crippen molar-refractivity contribution in [2.75, 3.05) is 26.2 Å². The van der Waals surface area contributed by atoms with Crippen molar-refractivity contribution in [1.82, 2.24) is 28.9 Å². The summed E-state index contributed by atoms with van der Waals surface area (Å²) >= 11 is 1.55. The van der Waals surface area contributed by atoms with Crippen molar-refractivity contribution in [3.05, 3.63) is 106 Å². The summed E-state index contributed by atoms with van der Waals surface area (Å²) in [7, 11) is 1.84. The van der Waals surface area contributed by atoms with Crippen molar-refractivity contribution < 1.29 is 14.7 Å². The average Bonchev–Trinajstić information content (AvgIpc) is 3.73. The van der Waals surface area contributed by atoms with Crippen molar-refractivity contribution >= 4 is 34.2 Å². The van der Waals surface area contributed by atoms with Crippen LogP contribution in [0.1, 0.15) is 46.8 Å². The third-order valence-electron chi connectivity index (χ3n) is 9.82. The molecule has 10 nitrogen and oxygen atoms in total. The van der Waals surface area contributed by atoms with E-state index >= 15 is 0 Å². The molecule has 0 bridgehead atoms. The Kier molecular flexibility index (Phi) is 8.27. The second-order valence-corrected chi connectivity index (χ2v) is 13.8. The van der Waals surface area contributed by atoms with Crippen molar-refractivity contribution in [3.8, 4) is 10.4 Å². The van der Waals surface area contributed by atoms with Crippen molar-refractivity contribution in [2.45, 2.75) is 44.2 Å². The highest BCUT2D eigenvalue weighted by Gasteiger charge is 2.42. The lowest BCUT2D eigenvalue weighted by molar-refractivity contribution is -0.142. The molecule has 0 aliphatic carbocycles. The number of hydrogen-bond donors (Lipinski definition) is 1. The number of aliphatic hydroxyl groups is 1. The highest BCUT2D eigenvalue weighted by molar-refractivity contribution is 7.14. The second-order valence-electron chi connectivity index (χ2n) is 12.9. The minimum Gasteiger partial charge on any atom is -0.388 e. The number of carbonyl (C=O) groups excluding carboxylic acids is 2. The number of likely N-dealkylation sites (tertiary alicyclic amines) is 2. The molecular formula is C36H38N6O4S. The highest BCUT2D eigenvalue weighted by Crippen LogP contribution is 2.37. The molecule has 2 fully saturated rings. The Bertz CT molecular complexity index is 1990. The second kappa shape index (κ2) is 12.5. The number of rotatable bonds is 6. The van der Waals surface area contributed by atoms with E-state index in [4.69, 9.17) is 0 Å². The number of aryl methyl sites for hydroxylation is 2. The van der Waals surface area contributed by atoms with Gasteiger partial charge in [0.2, 0.25) is 5.91 Å². The Labute approximate surface area is 276 Å². The van der Waals surface area contributed by atoms with Gasteiger partial charge >= 0.3 is 0 Å². The molecule has 2 amide bonds. The van der Waals surface area contributed by atoms with Crippen LogP contribution < -0.4 is 5.56 Å².